The fourth-order valence-electron chi connectivity index (χ4n) is 2.57. The van der Waals surface area contributed by atoms with Gasteiger partial charge in [-0.05, 0) is 18.9 Å². The predicted molar refractivity (Wildman–Crippen MR) is 69.6 cm³/mol. The first kappa shape index (κ1) is 12.0. The number of rotatable bonds is 2. The lowest BCUT2D eigenvalue weighted by Gasteiger charge is -2.32. The average Bonchev–Trinajstić information content (AvgIpc) is 3.09. The molecule has 0 radical (unpaired) electrons. The summed E-state index contributed by atoms with van der Waals surface area (Å²) in [4.78, 5) is 14.3. The monoisotopic (exact) mass is 259 g/mol. The van der Waals surface area contributed by atoms with Crippen molar-refractivity contribution in [2.24, 2.45) is 7.05 Å². The number of carbonyl (C=O) groups is 1. The van der Waals surface area contributed by atoms with Crippen molar-refractivity contribution in [3.05, 3.63) is 36.4 Å². The number of hydrogen-bond donors (Lipinski definition) is 0. The van der Waals surface area contributed by atoms with Gasteiger partial charge in [0.25, 0.3) is 5.91 Å². The second-order valence-corrected chi connectivity index (χ2v) is 4.94. The largest absolute Gasteiger partial charge is 0.336 e. The topological polar surface area (TPSA) is 56.0 Å². The summed E-state index contributed by atoms with van der Waals surface area (Å²) in [6, 6.07) is 2.20. The second kappa shape index (κ2) is 4.87. The van der Waals surface area contributed by atoms with Crippen LogP contribution in [-0.2, 0) is 7.05 Å². The van der Waals surface area contributed by atoms with Gasteiger partial charge in [-0.2, -0.15) is 10.2 Å². The predicted octanol–water partition coefficient (Wildman–Crippen LogP) is 1.09. The number of aromatic nitrogens is 4. The van der Waals surface area contributed by atoms with E-state index in [-0.39, 0.29) is 11.9 Å². The number of piperidine rings is 1. The van der Waals surface area contributed by atoms with E-state index in [1.54, 1.807) is 23.3 Å². The van der Waals surface area contributed by atoms with Crippen molar-refractivity contribution >= 4 is 5.91 Å². The molecule has 19 heavy (non-hydrogen) atoms. The molecule has 1 aliphatic heterocycles. The molecule has 0 bridgehead atoms. The van der Waals surface area contributed by atoms with Crippen LogP contribution in [0.25, 0.3) is 0 Å². The number of aryl methyl sites for hydroxylation is 1. The van der Waals surface area contributed by atoms with Crippen LogP contribution in [0.1, 0.15) is 29.2 Å². The van der Waals surface area contributed by atoms with Crippen molar-refractivity contribution in [1.82, 2.24) is 24.5 Å². The number of nitrogens with zero attached hydrogens (tertiary/aromatic N) is 5. The van der Waals surface area contributed by atoms with Crippen LogP contribution in [0.2, 0.25) is 0 Å². The maximum atomic E-state index is 12.4. The highest BCUT2D eigenvalue weighted by Crippen LogP contribution is 2.21. The van der Waals surface area contributed by atoms with Crippen molar-refractivity contribution < 1.29 is 4.79 Å². The molecule has 6 heteroatoms. The van der Waals surface area contributed by atoms with Gasteiger partial charge >= 0.3 is 0 Å². The van der Waals surface area contributed by atoms with Gasteiger partial charge in [0.05, 0.1) is 17.8 Å². The van der Waals surface area contributed by atoms with Gasteiger partial charge in [-0.25, -0.2) is 0 Å². The summed E-state index contributed by atoms with van der Waals surface area (Å²) in [5.41, 5.74) is 0.656. The summed E-state index contributed by atoms with van der Waals surface area (Å²) in [7, 11) is 1.82. The first-order valence-electron chi connectivity index (χ1n) is 6.51. The van der Waals surface area contributed by atoms with E-state index in [0.717, 1.165) is 25.9 Å². The Hall–Kier alpha value is -2.11. The minimum Gasteiger partial charge on any atom is -0.336 e. The van der Waals surface area contributed by atoms with E-state index in [2.05, 4.69) is 10.2 Å². The van der Waals surface area contributed by atoms with Crippen LogP contribution >= 0.6 is 0 Å². The fraction of sp³-hybridized carbons (Fsp3) is 0.462. The Balaban J connectivity index is 1.73. The van der Waals surface area contributed by atoms with Gasteiger partial charge in [0.15, 0.2) is 0 Å². The molecule has 6 nitrogen and oxygen atoms in total. The van der Waals surface area contributed by atoms with E-state index < -0.39 is 0 Å². The van der Waals surface area contributed by atoms with Crippen molar-refractivity contribution in [1.29, 1.82) is 0 Å². The third-order valence-corrected chi connectivity index (χ3v) is 3.53. The van der Waals surface area contributed by atoms with Crippen LogP contribution in [0.15, 0.2) is 30.9 Å². The lowest BCUT2D eigenvalue weighted by molar-refractivity contribution is 0.0673. The zero-order valence-corrected chi connectivity index (χ0v) is 10.9. The Kier molecular flexibility index (Phi) is 3.06. The Morgan fingerprint density at radius 2 is 2.32 bits per heavy atom. The highest BCUT2D eigenvalue weighted by molar-refractivity contribution is 5.93. The van der Waals surface area contributed by atoms with Crippen molar-refractivity contribution in [2.75, 3.05) is 13.1 Å². The van der Waals surface area contributed by atoms with Crippen molar-refractivity contribution in [2.45, 2.75) is 18.9 Å². The molecule has 1 fully saturated rings. The van der Waals surface area contributed by atoms with Crippen LogP contribution in [0.3, 0.4) is 0 Å². The molecule has 1 unspecified atom stereocenters. The number of carbonyl (C=O) groups excluding carboxylic acids is 1. The molecule has 1 amide bonds. The molecule has 1 aliphatic rings. The van der Waals surface area contributed by atoms with E-state index in [1.165, 1.54) is 0 Å². The summed E-state index contributed by atoms with van der Waals surface area (Å²) < 4.78 is 3.60. The molecule has 3 heterocycles. The molecular weight excluding hydrogens is 242 g/mol. The smallest absolute Gasteiger partial charge is 0.257 e. The molecular formula is C13H17N5O. The minimum absolute atomic E-state index is 0.0601. The average molecular weight is 259 g/mol. The fourth-order valence-corrected chi connectivity index (χ4v) is 2.57. The maximum absolute atomic E-state index is 12.4. The second-order valence-electron chi connectivity index (χ2n) is 4.94. The molecule has 100 valence electrons. The molecule has 1 saturated heterocycles. The third kappa shape index (κ3) is 2.38. The number of hydrogen-bond acceptors (Lipinski definition) is 3. The quantitative estimate of drug-likeness (QED) is 0.811. The molecule has 0 aromatic carbocycles. The van der Waals surface area contributed by atoms with Crippen molar-refractivity contribution in [3.63, 3.8) is 0 Å². The standard InChI is InChI=1S/C13H17N5O/c1-16-9-11(8-15-16)13(19)17-6-2-4-12(10-17)18-7-3-5-14-18/h3,5,7-9,12H,2,4,6,10H2,1H3. The molecule has 0 aliphatic carbocycles. The molecule has 0 saturated carbocycles. The van der Waals surface area contributed by atoms with Gasteiger partial charge in [0.1, 0.15) is 0 Å². The van der Waals surface area contributed by atoms with Crippen molar-refractivity contribution in [3.8, 4) is 0 Å². The number of amides is 1. The summed E-state index contributed by atoms with van der Waals surface area (Å²) in [5, 5.41) is 8.33. The Morgan fingerprint density at radius 3 is 3.00 bits per heavy atom. The Morgan fingerprint density at radius 1 is 1.42 bits per heavy atom. The van der Waals surface area contributed by atoms with Gasteiger partial charge in [0.2, 0.25) is 0 Å². The zero-order chi connectivity index (χ0) is 13.2. The zero-order valence-electron chi connectivity index (χ0n) is 10.9. The molecule has 0 N–H and O–H groups in total. The summed E-state index contributed by atoms with van der Waals surface area (Å²) in [6.45, 7) is 1.53. The molecule has 2 aromatic heterocycles. The van der Waals surface area contributed by atoms with Gasteiger partial charge in [-0.1, -0.05) is 0 Å². The molecule has 0 spiro atoms. The first-order chi connectivity index (χ1) is 9.24. The SMILES string of the molecule is Cn1cc(C(=O)N2CCCC(n3cccn3)C2)cn1. The van der Waals surface area contributed by atoms with E-state index in [4.69, 9.17) is 0 Å². The van der Waals surface area contributed by atoms with E-state index >= 15 is 0 Å². The van der Waals surface area contributed by atoms with Crippen LogP contribution in [0, 0.1) is 0 Å². The van der Waals surface area contributed by atoms with Gasteiger partial charge in [-0.15, -0.1) is 0 Å². The van der Waals surface area contributed by atoms with Crippen LogP contribution in [0.4, 0.5) is 0 Å². The lowest BCUT2D eigenvalue weighted by atomic mass is 10.1. The highest BCUT2D eigenvalue weighted by atomic mass is 16.2. The first-order valence-corrected chi connectivity index (χ1v) is 6.51. The third-order valence-electron chi connectivity index (χ3n) is 3.53. The van der Waals surface area contributed by atoms with E-state index in [1.807, 2.05) is 28.9 Å². The lowest BCUT2D eigenvalue weighted by Crippen LogP contribution is -2.40. The summed E-state index contributed by atoms with van der Waals surface area (Å²) >= 11 is 0. The van der Waals surface area contributed by atoms with Crippen LogP contribution < -0.4 is 0 Å². The van der Waals surface area contributed by atoms with E-state index in [0.29, 0.717) is 5.56 Å². The van der Waals surface area contributed by atoms with Gasteiger partial charge in [0, 0.05) is 38.7 Å². The van der Waals surface area contributed by atoms with Gasteiger partial charge in [-0.3, -0.25) is 14.2 Å². The summed E-state index contributed by atoms with van der Waals surface area (Å²) in [6.07, 6.45) is 9.21. The van der Waals surface area contributed by atoms with E-state index in [9.17, 15) is 4.79 Å². The maximum Gasteiger partial charge on any atom is 0.257 e. The normalized spacial score (nSPS) is 19.6. The Bertz CT molecular complexity index is 559. The van der Waals surface area contributed by atoms with Gasteiger partial charge < -0.3 is 4.90 Å². The highest BCUT2D eigenvalue weighted by Gasteiger charge is 2.26. The van der Waals surface area contributed by atoms with Crippen LogP contribution in [-0.4, -0.2) is 43.5 Å². The molecule has 2 aromatic rings. The van der Waals surface area contributed by atoms with Crippen LogP contribution in [0.5, 0.6) is 0 Å². The summed E-state index contributed by atoms with van der Waals surface area (Å²) in [5.74, 6) is 0.0601. The molecule has 1 atom stereocenters. The minimum atomic E-state index is 0.0601. The Labute approximate surface area is 111 Å². The molecule has 3 rings (SSSR count). The number of likely N-dealkylation sites (tertiary alicyclic amines) is 1.